The van der Waals surface area contributed by atoms with E-state index in [1.807, 2.05) is 0 Å². The Hall–Kier alpha value is -1.24. The molecule has 3 nitrogen and oxygen atoms in total. The van der Waals surface area contributed by atoms with E-state index in [-0.39, 0.29) is 6.10 Å². The predicted octanol–water partition coefficient (Wildman–Crippen LogP) is 2.68. The molecule has 0 aromatic heterocycles. The summed E-state index contributed by atoms with van der Waals surface area (Å²) in [5.41, 5.74) is 0.561. The first-order valence-electron chi connectivity index (χ1n) is 5.74. The van der Waals surface area contributed by atoms with E-state index >= 15 is 0 Å². The van der Waals surface area contributed by atoms with Gasteiger partial charge < -0.3 is 9.64 Å². The Morgan fingerprint density at radius 1 is 1.41 bits per heavy atom. The van der Waals surface area contributed by atoms with Crippen molar-refractivity contribution < 1.29 is 4.74 Å². The van der Waals surface area contributed by atoms with Crippen LogP contribution < -0.4 is 4.74 Å². The highest BCUT2D eigenvalue weighted by molar-refractivity contribution is 6.32. The quantitative estimate of drug-likeness (QED) is 0.810. The number of rotatable bonds is 2. The van der Waals surface area contributed by atoms with E-state index in [1.54, 1.807) is 18.2 Å². The summed E-state index contributed by atoms with van der Waals surface area (Å²) in [5, 5.41) is 9.27. The molecule has 90 valence electrons. The molecule has 1 aliphatic rings. The molecule has 0 N–H and O–H groups in total. The summed E-state index contributed by atoms with van der Waals surface area (Å²) in [6.07, 6.45) is 2.27. The smallest absolute Gasteiger partial charge is 0.138 e. The highest BCUT2D eigenvalue weighted by atomic mass is 35.5. The van der Waals surface area contributed by atoms with Gasteiger partial charge in [0.05, 0.1) is 16.7 Å². The monoisotopic (exact) mass is 250 g/mol. The lowest BCUT2D eigenvalue weighted by Crippen LogP contribution is -2.35. The average molecular weight is 251 g/mol. The normalized spacial score (nSPS) is 17.7. The SMILES string of the molecule is CN1CCC(Oc2ccc(C#N)cc2Cl)CC1. The molecule has 4 heteroatoms. The highest BCUT2D eigenvalue weighted by Gasteiger charge is 2.18. The Bertz CT molecular complexity index is 434. The van der Waals surface area contributed by atoms with Gasteiger partial charge >= 0.3 is 0 Å². The van der Waals surface area contributed by atoms with Gasteiger partial charge in [-0.1, -0.05) is 11.6 Å². The van der Waals surface area contributed by atoms with Crippen molar-refractivity contribution in [2.45, 2.75) is 18.9 Å². The summed E-state index contributed by atoms with van der Waals surface area (Å²) in [7, 11) is 2.12. The molecule has 1 aromatic carbocycles. The Labute approximate surface area is 107 Å². The number of benzene rings is 1. The molecule has 0 saturated carbocycles. The number of likely N-dealkylation sites (tertiary alicyclic amines) is 1. The van der Waals surface area contributed by atoms with Gasteiger partial charge in [0.1, 0.15) is 11.9 Å². The molecule has 1 fully saturated rings. The second-order valence-electron chi connectivity index (χ2n) is 4.38. The molecule has 2 rings (SSSR count). The molecule has 1 aromatic rings. The summed E-state index contributed by atoms with van der Waals surface area (Å²) in [4.78, 5) is 2.29. The average Bonchev–Trinajstić information content (AvgIpc) is 2.34. The van der Waals surface area contributed by atoms with Crippen LogP contribution in [0.5, 0.6) is 5.75 Å². The Morgan fingerprint density at radius 3 is 2.71 bits per heavy atom. The van der Waals surface area contributed by atoms with Crippen LogP contribution >= 0.6 is 11.6 Å². The van der Waals surface area contributed by atoms with Crippen molar-refractivity contribution in [3.63, 3.8) is 0 Å². The van der Waals surface area contributed by atoms with E-state index in [2.05, 4.69) is 18.0 Å². The van der Waals surface area contributed by atoms with Crippen LogP contribution in [0.2, 0.25) is 5.02 Å². The second kappa shape index (κ2) is 5.39. The molecule has 0 bridgehead atoms. The number of ether oxygens (including phenoxy) is 1. The van der Waals surface area contributed by atoms with Crippen molar-refractivity contribution in [3.05, 3.63) is 28.8 Å². The molecule has 0 amide bonds. The lowest BCUT2D eigenvalue weighted by atomic mass is 10.1. The summed E-state index contributed by atoms with van der Waals surface area (Å²) in [5.74, 6) is 0.681. The summed E-state index contributed by atoms with van der Waals surface area (Å²) in [6, 6.07) is 7.21. The minimum atomic E-state index is 0.233. The fourth-order valence-electron chi connectivity index (χ4n) is 1.95. The van der Waals surface area contributed by atoms with Crippen molar-refractivity contribution in [2.24, 2.45) is 0 Å². The minimum absolute atomic E-state index is 0.233. The second-order valence-corrected chi connectivity index (χ2v) is 4.78. The maximum absolute atomic E-state index is 8.75. The zero-order valence-corrected chi connectivity index (χ0v) is 10.6. The number of halogens is 1. The van der Waals surface area contributed by atoms with Crippen molar-refractivity contribution in [1.82, 2.24) is 4.90 Å². The fraction of sp³-hybridized carbons (Fsp3) is 0.462. The van der Waals surface area contributed by atoms with Gasteiger partial charge in [0.25, 0.3) is 0 Å². The number of hydrogen-bond acceptors (Lipinski definition) is 3. The van der Waals surface area contributed by atoms with Gasteiger partial charge in [0.2, 0.25) is 0 Å². The van der Waals surface area contributed by atoms with Crippen LogP contribution in [0.25, 0.3) is 0 Å². The highest BCUT2D eigenvalue weighted by Crippen LogP contribution is 2.28. The molecule has 0 spiro atoms. The van der Waals surface area contributed by atoms with Gasteiger partial charge in [0.15, 0.2) is 0 Å². The molecule has 1 heterocycles. The molecule has 17 heavy (non-hydrogen) atoms. The fourth-order valence-corrected chi connectivity index (χ4v) is 2.17. The van der Waals surface area contributed by atoms with E-state index < -0.39 is 0 Å². The van der Waals surface area contributed by atoms with Crippen LogP contribution in [0.3, 0.4) is 0 Å². The number of nitriles is 1. The van der Waals surface area contributed by atoms with Gasteiger partial charge in [-0.2, -0.15) is 5.26 Å². The zero-order chi connectivity index (χ0) is 12.3. The third kappa shape index (κ3) is 3.12. The first kappa shape index (κ1) is 12.2. The minimum Gasteiger partial charge on any atom is -0.489 e. The summed E-state index contributed by atoms with van der Waals surface area (Å²) in [6.45, 7) is 2.11. The molecule has 1 saturated heterocycles. The zero-order valence-electron chi connectivity index (χ0n) is 9.82. The van der Waals surface area contributed by atoms with Crippen LogP contribution in [0.1, 0.15) is 18.4 Å². The van der Waals surface area contributed by atoms with Gasteiger partial charge in [-0.3, -0.25) is 0 Å². The molecular formula is C13H15ClN2O. The van der Waals surface area contributed by atoms with Gasteiger partial charge in [0, 0.05) is 13.1 Å². The van der Waals surface area contributed by atoms with E-state index in [9.17, 15) is 0 Å². The molecular weight excluding hydrogens is 236 g/mol. The lowest BCUT2D eigenvalue weighted by molar-refractivity contribution is 0.114. The largest absolute Gasteiger partial charge is 0.489 e. The standard InChI is InChI=1S/C13H15ClN2O/c1-16-6-4-11(5-7-16)17-13-3-2-10(9-15)8-12(13)14/h2-3,8,11H,4-7H2,1H3. The Morgan fingerprint density at radius 2 is 2.12 bits per heavy atom. The number of hydrogen-bond donors (Lipinski definition) is 0. The van der Waals surface area contributed by atoms with E-state index in [4.69, 9.17) is 21.6 Å². The van der Waals surface area contributed by atoms with E-state index in [1.165, 1.54) is 0 Å². The van der Waals surface area contributed by atoms with Crippen LogP contribution in [-0.2, 0) is 0 Å². The molecule has 0 aliphatic carbocycles. The van der Waals surface area contributed by atoms with E-state index in [0.29, 0.717) is 16.3 Å². The first-order chi connectivity index (χ1) is 8.19. The van der Waals surface area contributed by atoms with Gasteiger partial charge in [-0.25, -0.2) is 0 Å². The Balaban J connectivity index is 2.02. The van der Waals surface area contributed by atoms with Crippen molar-refractivity contribution >= 4 is 11.6 Å². The number of piperidine rings is 1. The maximum Gasteiger partial charge on any atom is 0.138 e. The molecule has 0 atom stereocenters. The number of nitrogens with zero attached hydrogens (tertiary/aromatic N) is 2. The lowest BCUT2D eigenvalue weighted by Gasteiger charge is -2.29. The summed E-state index contributed by atoms with van der Waals surface area (Å²) < 4.78 is 5.87. The Kier molecular flexibility index (Phi) is 3.88. The van der Waals surface area contributed by atoms with E-state index in [0.717, 1.165) is 25.9 Å². The van der Waals surface area contributed by atoms with Gasteiger partial charge in [-0.15, -0.1) is 0 Å². The van der Waals surface area contributed by atoms with Crippen LogP contribution in [0, 0.1) is 11.3 Å². The molecule has 0 radical (unpaired) electrons. The predicted molar refractivity (Wildman–Crippen MR) is 67.3 cm³/mol. The van der Waals surface area contributed by atoms with Crippen molar-refractivity contribution in [2.75, 3.05) is 20.1 Å². The van der Waals surface area contributed by atoms with Gasteiger partial charge in [-0.05, 0) is 38.1 Å². The molecule has 0 unspecified atom stereocenters. The third-order valence-corrected chi connectivity index (χ3v) is 3.32. The van der Waals surface area contributed by atoms with Crippen molar-refractivity contribution in [1.29, 1.82) is 5.26 Å². The van der Waals surface area contributed by atoms with Crippen LogP contribution in [-0.4, -0.2) is 31.1 Å². The van der Waals surface area contributed by atoms with Crippen molar-refractivity contribution in [3.8, 4) is 11.8 Å². The maximum atomic E-state index is 8.75. The molecule has 1 aliphatic heterocycles. The van der Waals surface area contributed by atoms with Crippen LogP contribution in [0.4, 0.5) is 0 Å². The first-order valence-corrected chi connectivity index (χ1v) is 6.11. The van der Waals surface area contributed by atoms with Crippen LogP contribution in [0.15, 0.2) is 18.2 Å². The summed E-state index contributed by atoms with van der Waals surface area (Å²) >= 11 is 6.07. The topological polar surface area (TPSA) is 36.3 Å². The third-order valence-electron chi connectivity index (χ3n) is 3.02.